The quantitative estimate of drug-likeness (QED) is 0.0169. The van der Waals surface area contributed by atoms with Gasteiger partial charge in [-0.1, -0.05) is 315 Å². The number of hydrogen-bond acceptors (Lipinski definition) is 15. The molecule has 0 rings (SSSR count). The molecule has 0 saturated carbocycles. The third kappa shape index (κ3) is 71.6. The van der Waals surface area contributed by atoms with Crippen molar-refractivity contribution in [3.8, 4) is 0 Å². The van der Waals surface area contributed by atoms with Crippen LogP contribution in [0, 0.1) is 0 Å². The fourth-order valence-corrected chi connectivity index (χ4v) is 11.5. The van der Waals surface area contributed by atoms with Crippen LogP contribution in [0.25, 0.3) is 0 Å². The molecule has 19 heteroatoms. The van der Waals surface area contributed by atoms with E-state index in [1.54, 1.807) is 12.2 Å². The molecule has 0 saturated heterocycles. The smallest absolute Gasteiger partial charge is 0.462 e. The Labute approximate surface area is 605 Å². The average Bonchev–Trinajstić information content (AvgIpc) is 0.946. The highest BCUT2D eigenvalue weighted by molar-refractivity contribution is 7.47. The number of phosphoric ester groups is 2. The van der Waals surface area contributed by atoms with Gasteiger partial charge in [0.15, 0.2) is 12.2 Å². The summed E-state index contributed by atoms with van der Waals surface area (Å²) in [5.41, 5.74) is 0. The van der Waals surface area contributed by atoms with E-state index in [4.69, 9.17) is 37.0 Å². The molecule has 0 amide bonds. The maximum absolute atomic E-state index is 13.1. The van der Waals surface area contributed by atoms with Gasteiger partial charge in [0.1, 0.15) is 19.3 Å². The van der Waals surface area contributed by atoms with Crippen molar-refractivity contribution in [3.05, 3.63) is 134 Å². The lowest BCUT2D eigenvalue weighted by molar-refractivity contribution is -0.161. The van der Waals surface area contributed by atoms with Crippen molar-refractivity contribution in [2.75, 3.05) is 39.6 Å². The Balaban J connectivity index is 5.47. The second-order valence-corrected chi connectivity index (χ2v) is 28.1. The highest BCUT2D eigenvalue weighted by Gasteiger charge is 2.30. The number of hydrogen-bond donors (Lipinski definition) is 3. The summed E-state index contributed by atoms with van der Waals surface area (Å²) >= 11 is 0. The van der Waals surface area contributed by atoms with E-state index < -0.39 is 97.5 Å². The standard InChI is InChI=1S/C81H136O17P2/c1-5-9-13-17-21-25-29-33-35-36-37-38-40-43-46-50-54-58-62-66-79(84)92-72-77(98-81(86)68-64-60-56-52-48-44-39-34-30-26-22-18-14-10-6-2)74-96-100(89,90)94-70-75(82)69-93-99(87,88)95-73-76(97-80(85)67-63-59-55-51-47-42-32-28-24-20-16-12-8-4)71-91-78(83)65-61-57-53-49-45-41-31-27-23-19-15-11-7-3/h9-10,13-14,21-22,25-26,33-35,37-39,43,46,48,52,54,58,60,64,75-77,82H,5-8,11-12,15-20,23-24,27-32,36,40-42,44-45,47,49-51,53,55-57,59,61-63,65-74H2,1-4H3,(H,87,88)(H,89,90)/b13-9-,14-10-,25-21-,26-22-,35-33-,38-37-,39-34-,46-43-,52-48-,58-54-,64-60-. The molecule has 0 radical (unpaired) electrons. The van der Waals surface area contributed by atoms with Crippen LogP contribution in [-0.4, -0.2) is 96.7 Å². The molecule has 0 bridgehead atoms. The van der Waals surface area contributed by atoms with Crippen molar-refractivity contribution in [3.63, 3.8) is 0 Å². The molecule has 0 aromatic heterocycles. The fraction of sp³-hybridized carbons (Fsp3) is 0.679. The summed E-state index contributed by atoms with van der Waals surface area (Å²) in [6.45, 7) is 4.45. The maximum Gasteiger partial charge on any atom is 0.472 e. The van der Waals surface area contributed by atoms with Crippen molar-refractivity contribution >= 4 is 39.5 Å². The number of esters is 4. The molecule has 572 valence electrons. The van der Waals surface area contributed by atoms with Crippen molar-refractivity contribution in [1.29, 1.82) is 0 Å². The fourth-order valence-electron chi connectivity index (χ4n) is 9.91. The number of ether oxygens (including phenoxy) is 4. The molecule has 0 aromatic carbocycles. The molecule has 100 heavy (non-hydrogen) atoms. The van der Waals surface area contributed by atoms with Crippen molar-refractivity contribution in [2.45, 2.75) is 316 Å². The minimum atomic E-state index is -5.02. The topological polar surface area (TPSA) is 237 Å². The van der Waals surface area contributed by atoms with Gasteiger partial charge in [0.2, 0.25) is 0 Å². The summed E-state index contributed by atoms with van der Waals surface area (Å²) in [6.07, 6.45) is 80.6. The highest BCUT2D eigenvalue weighted by Crippen LogP contribution is 2.45. The average molecular weight is 1440 g/mol. The third-order valence-electron chi connectivity index (χ3n) is 15.7. The van der Waals surface area contributed by atoms with Crippen LogP contribution in [0.4, 0.5) is 0 Å². The normalized spacial score (nSPS) is 14.7. The Bertz CT molecular complexity index is 2420. The molecule has 0 aliphatic heterocycles. The molecule has 0 aliphatic rings. The van der Waals surface area contributed by atoms with E-state index in [0.717, 1.165) is 103 Å². The van der Waals surface area contributed by atoms with Gasteiger partial charge >= 0.3 is 39.5 Å². The van der Waals surface area contributed by atoms with Gasteiger partial charge in [-0.25, -0.2) is 9.13 Å². The lowest BCUT2D eigenvalue weighted by atomic mass is 10.0. The number of allylic oxidation sites excluding steroid dienone is 21. The van der Waals surface area contributed by atoms with E-state index in [-0.39, 0.29) is 25.7 Å². The summed E-state index contributed by atoms with van der Waals surface area (Å²) in [4.78, 5) is 72.7. The van der Waals surface area contributed by atoms with E-state index >= 15 is 0 Å². The van der Waals surface area contributed by atoms with Crippen molar-refractivity contribution in [1.82, 2.24) is 0 Å². The van der Waals surface area contributed by atoms with Crippen molar-refractivity contribution in [2.24, 2.45) is 0 Å². The molecule has 5 atom stereocenters. The number of carbonyl (C=O) groups is 4. The molecular weight excluding hydrogens is 1310 g/mol. The zero-order valence-electron chi connectivity index (χ0n) is 62.3. The SMILES string of the molecule is CC/C=C\C/C=C\C/C=C\C/C=C\C/C=C\C/C=C\CCC(=O)OCC(COP(=O)(O)OCC(O)COP(=O)(O)OCC(COC(=O)CCCCCCCCCCCCCCC)OC(=O)CCCCCCCCCCCCCCC)OC(=O)C/C=C\C/C=C\C/C=C\C/C=C\C/C=C\CC. The van der Waals surface area contributed by atoms with Gasteiger partial charge in [0.05, 0.1) is 32.8 Å². The van der Waals surface area contributed by atoms with Gasteiger partial charge < -0.3 is 33.8 Å². The molecule has 0 aliphatic carbocycles. The van der Waals surface area contributed by atoms with Crippen LogP contribution in [0.1, 0.15) is 297 Å². The van der Waals surface area contributed by atoms with Gasteiger partial charge in [-0.15, -0.1) is 0 Å². The second kappa shape index (κ2) is 72.5. The predicted molar refractivity (Wildman–Crippen MR) is 408 cm³/mol. The first-order chi connectivity index (χ1) is 48.7. The largest absolute Gasteiger partial charge is 0.472 e. The Morgan fingerprint density at radius 1 is 0.300 bits per heavy atom. The van der Waals surface area contributed by atoms with Gasteiger partial charge in [-0.05, 0) is 89.9 Å². The number of aliphatic hydroxyl groups excluding tert-OH is 1. The summed E-state index contributed by atoms with van der Waals surface area (Å²) in [5.74, 6) is -2.42. The van der Waals surface area contributed by atoms with E-state index in [2.05, 4.69) is 119 Å². The predicted octanol–water partition coefficient (Wildman–Crippen LogP) is 22.1. The second-order valence-electron chi connectivity index (χ2n) is 25.2. The van der Waals surface area contributed by atoms with Crippen LogP contribution in [0.15, 0.2) is 134 Å². The van der Waals surface area contributed by atoms with Gasteiger partial charge in [-0.3, -0.25) is 37.3 Å². The summed E-state index contributed by atoms with van der Waals surface area (Å²) in [5, 5.41) is 10.6. The van der Waals surface area contributed by atoms with Crippen LogP contribution in [0.3, 0.4) is 0 Å². The van der Waals surface area contributed by atoms with Crippen LogP contribution in [0.5, 0.6) is 0 Å². The highest BCUT2D eigenvalue weighted by atomic mass is 31.2. The van der Waals surface area contributed by atoms with Crippen LogP contribution in [0.2, 0.25) is 0 Å². The molecule has 5 unspecified atom stereocenters. The van der Waals surface area contributed by atoms with Gasteiger partial charge in [0.25, 0.3) is 0 Å². The lowest BCUT2D eigenvalue weighted by Crippen LogP contribution is -2.30. The number of unbranched alkanes of at least 4 members (excludes halogenated alkanes) is 24. The maximum atomic E-state index is 13.1. The Morgan fingerprint density at radius 2 is 0.560 bits per heavy atom. The molecule has 0 spiro atoms. The minimum absolute atomic E-state index is 0.0136. The van der Waals surface area contributed by atoms with Gasteiger partial charge in [0, 0.05) is 19.3 Å². The molecule has 0 aromatic rings. The Morgan fingerprint density at radius 3 is 0.890 bits per heavy atom. The van der Waals surface area contributed by atoms with Gasteiger partial charge in [-0.2, -0.15) is 0 Å². The van der Waals surface area contributed by atoms with E-state index in [9.17, 15) is 43.2 Å². The lowest BCUT2D eigenvalue weighted by Gasteiger charge is -2.21. The van der Waals surface area contributed by atoms with Crippen molar-refractivity contribution < 1.29 is 80.2 Å². The third-order valence-corrected chi connectivity index (χ3v) is 17.6. The number of phosphoric acid groups is 2. The zero-order valence-corrected chi connectivity index (χ0v) is 64.1. The number of carbonyl (C=O) groups excluding carboxylic acids is 4. The Hall–Kier alpha value is -4.80. The minimum Gasteiger partial charge on any atom is -0.462 e. The first-order valence-electron chi connectivity index (χ1n) is 38.4. The molecule has 0 fully saturated rings. The molecule has 17 nitrogen and oxygen atoms in total. The molecule has 0 heterocycles. The van der Waals surface area contributed by atoms with Crippen LogP contribution in [-0.2, 0) is 65.4 Å². The van der Waals surface area contributed by atoms with E-state index in [0.29, 0.717) is 32.1 Å². The first kappa shape index (κ1) is 95.2. The Kier molecular flexibility index (Phi) is 69.1. The first-order valence-corrected chi connectivity index (χ1v) is 41.4. The molecular formula is C81H136O17P2. The van der Waals surface area contributed by atoms with E-state index in [1.165, 1.54) is 109 Å². The summed E-state index contributed by atoms with van der Waals surface area (Å²) < 4.78 is 68.2. The summed E-state index contributed by atoms with van der Waals surface area (Å²) in [6, 6.07) is 0. The number of rotatable bonds is 71. The van der Waals surface area contributed by atoms with Crippen LogP contribution >= 0.6 is 15.6 Å². The monoisotopic (exact) mass is 1440 g/mol. The zero-order chi connectivity index (χ0) is 73.2. The summed E-state index contributed by atoms with van der Waals surface area (Å²) in [7, 11) is -10.00. The van der Waals surface area contributed by atoms with Crippen LogP contribution < -0.4 is 0 Å². The number of aliphatic hydroxyl groups is 1. The van der Waals surface area contributed by atoms with E-state index in [1.807, 2.05) is 30.4 Å². The molecule has 3 N–H and O–H groups in total.